The van der Waals surface area contributed by atoms with Crippen molar-refractivity contribution in [3.05, 3.63) is 77.1 Å². The minimum absolute atomic E-state index is 0.0398. The summed E-state index contributed by atoms with van der Waals surface area (Å²) < 4.78 is 62.9. The van der Waals surface area contributed by atoms with Crippen LogP contribution in [0.5, 0.6) is 11.5 Å². The van der Waals surface area contributed by atoms with Crippen molar-refractivity contribution in [2.24, 2.45) is 0 Å². The number of pyridine rings is 1. The van der Waals surface area contributed by atoms with Crippen LogP contribution in [0.2, 0.25) is 0 Å². The van der Waals surface area contributed by atoms with Crippen LogP contribution in [-0.2, 0) is 6.54 Å². The van der Waals surface area contributed by atoms with Gasteiger partial charge < -0.3 is 25.4 Å². The number of fused-ring (bicyclic) bond motifs is 1. The van der Waals surface area contributed by atoms with E-state index in [9.17, 15) is 27.2 Å². The summed E-state index contributed by atoms with van der Waals surface area (Å²) in [6, 6.07) is 8.17. The molecule has 0 fully saturated rings. The Morgan fingerprint density at radius 1 is 0.971 bits per heavy atom. The standard InChI is InChI=1S/C22H16F4N4O4/c1-27-21(32)17-6-11(4-5-28-17)10-29-16-9-15(24)14(23)8-13(16)20(31)30-12-2-3-18-19(7-12)34-22(25,26)33-18/h2-9,29H,10H2,1H3,(H,27,32)(H,30,31). The number of hydrogen-bond donors (Lipinski definition) is 3. The van der Waals surface area contributed by atoms with E-state index in [1.807, 2.05) is 0 Å². The quantitative estimate of drug-likeness (QED) is 0.467. The number of aromatic nitrogens is 1. The van der Waals surface area contributed by atoms with Crippen LogP contribution in [0.3, 0.4) is 0 Å². The van der Waals surface area contributed by atoms with Crippen molar-refractivity contribution in [1.29, 1.82) is 0 Å². The first-order chi connectivity index (χ1) is 16.1. The SMILES string of the molecule is CNC(=O)c1cc(CNc2cc(F)c(F)cc2C(=O)Nc2ccc3c(c2)OC(F)(F)O3)ccn1. The number of anilines is 2. The zero-order valence-corrected chi connectivity index (χ0v) is 17.4. The molecule has 2 amide bonds. The fourth-order valence-electron chi connectivity index (χ4n) is 3.14. The molecule has 0 atom stereocenters. The number of carbonyl (C=O) groups is 2. The summed E-state index contributed by atoms with van der Waals surface area (Å²) in [5.74, 6) is -4.20. The molecule has 176 valence electrons. The Morgan fingerprint density at radius 3 is 2.47 bits per heavy atom. The fourth-order valence-corrected chi connectivity index (χ4v) is 3.14. The second-order valence-electron chi connectivity index (χ2n) is 7.08. The minimum atomic E-state index is -3.83. The lowest BCUT2D eigenvalue weighted by Crippen LogP contribution is -2.25. The first kappa shape index (κ1) is 22.8. The lowest BCUT2D eigenvalue weighted by atomic mass is 10.1. The Hall–Kier alpha value is -4.35. The van der Waals surface area contributed by atoms with Gasteiger partial charge in [-0.2, -0.15) is 0 Å². The Labute approximate surface area is 189 Å². The van der Waals surface area contributed by atoms with Crippen LogP contribution in [-0.4, -0.2) is 30.1 Å². The van der Waals surface area contributed by atoms with Crippen molar-refractivity contribution in [3.8, 4) is 11.5 Å². The van der Waals surface area contributed by atoms with E-state index in [-0.39, 0.29) is 40.7 Å². The van der Waals surface area contributed by atoms with Crippen LogP contribution in [0, 0.1) is 11.6 Å². The van der Waals surface area contributed by atoms with E-state index in [0.29, 0.717) is 11.6 Å². The monoisotopic (exact) mass is 476 g/mol. The van der Waals surface area contributed by atoms with E-state index in [2.05, 4.69) is 30.4 Å². The smallest absolute Gasteiger partial charge is 0.395 e. The first-order valence-corrected chi connectivity index (χ1v) is 9.76. The number of alkyl halides is 2. The Kier molecular flexibility index (Phi) is 5.97. The first-order valence-electron chi connectivity index (χ1n) is 9.76. The van der Waals surface area contributed by atoms with Gasteiger partial charge in [-0.05, 0) is 35.9 Å². The maximum atomic E-state index is 13.9. The second-order valence-corrected chi connectivity index (χ2v) is 7.08. The Balaban J connectivity index is 1.54. The summed E-state index contributed by atoms with van der Waals surface area (Å²) in [6.07, 6.45) is -2.42. The summed E-state index contributed by atoms with van der Waals surface area (Å²) in [5, 5.41) is 7.69. The van der Waals surface area contributed by atoms with Gasteiger partial charge in [-0.15, -0.1) is 8.78 Å². The molecule has 0 saturated carbocycles. The van der Waals surface area contributed by atoms with Crippen LogP contribution in [0.25, 0.3) is 0 Å². The van der Waals surface area contributed by atoms with E-state index < -0.39 is 29.7 Å². The predicted octanol–water partition coefficient (Wildman–Crippen LogP) is 3.91. The molecule has 0 bridgehead atoms. The van der Waals surface area contributed by atoms with E-state index >= 15 is 0 Å². The molecule has 0 radical (unpaired) electrons. The van der Waals surface area contributed by atoms with Crippen LogP contribution >= 0.6 is 0 Å². The molecule has 2 aromatic carbocycles. The number of amides is 2. The highest BCUT2D eigenvalue weighted by Gasteiger charge is 2.43. The van der Waals surface area contributed by atoms with Gasteiger partial charge in [-0.25, -0.2) is 8.78 Å². The Morgan fingerprint density at radius 2 is 1.71 bits per heavy atom. The number of benzene rings is 2. The number of nitrogens with one attached hydrogen (secondary N) is 3. The van der Waals surface area contributed by atoms with Crippen molar-refractivity contribution in [2.75, 3.05) is 17.7 Å². The molecule has 3 aromatic rings. The van der Waals surface area contributed by atoms with Crippen molar-refractivity contribution in [3.63, 3.8) is 0 Å². The van der Waals surface area contributed by atoms with Crippen LogP contribution < -0.4 is 25.4 Å². The molecule has 1 aromatic heterocycles. The van der Waals surface area contributed by atoms with Gasteiger partial charge in [-0.1, -0.05) is 0 Å². The van der Waals surface area contributed by atoms with Crippen molar-refractivity contribution >= 4 is 23.2 Å². The van der Waals surface area contributed by atoms with Gasteiger partial charge in [0.2, 0.25) is 0 Å². The van der Waals surface area contributed by atoms with Gasteiger partial charge in [0.25, 0.3) is 11.8 Å². The lowest BCUT2D eigenvalue weighted by Gasteiger charge is -2.14. The van der Waals surface area contributed by atoms with Gasteiger partial charge in [0.1, 0.15) is 5.69 Å². The number of hydrogen-bond acceptors (Lipinski definition) is 6. The maximum absolute atomic E-state index is 13.9. The predicted molar refractivity (Wildman–Crippen MR) is 112 cm³/mol. The molecule has 1 aliphatic heterocycles. The summed E-state index contributed by atoms with van der Waals surface area (Å²) >= 11 is 0. The second kappa shape index (κ2) is 8.89. The topological polar surface area (TPSA) is 102 Å². The molecule has 2 heterocycles. The van der Waals surface area contributed by atoms with Crippen LogP contribution in [0.4, 0.5) is 28.9 Å². The highest BCUT2D eigenvalue weighted by Crippen LogP contribution is 2.42. The molecule has 12 heteroatoms. The van der Waals surface area contributed by atoms with Gasteiger partial charge in [-0.3, -0.25) is 14.6 Å². The number of halogens is 4. The van der Waals surface area contributed by atoms with Crippen LogP contribution in [0.1, 0.15) is 26.4 Å². The molecule has 3 N–H and O–H groups in total. The highest BCUT2D eigenvalue weighted by atomic mass is 19.3. The van der Waals surface area contributed by atoms with E-state index in [4.69, 9.17) is 0 Å². The fraction of sp³-hybridized carbons (Fsp3) is 0.136. The van der Waals surface area contributed by atoms with Crippen molar-refractivity contribution in [2.45, 2.75) is 12.8 Å². The van der Waals surface area contributed by atoms with E-state index in [1.165, 1.54) is 31.4 Å². The maximum Gasteiger partial charge on any atom is 0.586 e. The molecule has 4 rings (SSSR count). The largest absolute Gasteiger partial charge is 0.586 e. The lowest BCUT2D eigenvalue weighted by molar-refractivity contribution is -0.286. The van der Waals surface area contributed by atoms with Gasteiger partial charge >= 0.3 is 6.29 Å². The zero-order chi connectivity index (χ0) is 24.5. The van der Waals surface area contributed by atoms with Gasteiger partial charge in [0.15, 0.2) is 23.1 Å². The molecule has 1 aliphatic rings. The summed E-state index contributed by atoms with van der Waals surface area (Å²) in [6.45, 7) is 0.0526. The van der Waals surface area contributed by atoms with Crippen LogP contribution in [0.15, 0.2) is 48.7 Å². The summed E-state index contributed by atoms with van der Waals surface area (Å²) in [7, 11) is 1.45. The van der Waals surface area contributed by atoms with Gasteiger partial charge in [0.05, 0.1) is 11.3 Å². The van der Waals surface area contributed by atoms with E-state index in [0.717, 1.165) is 12.1 Å². The molecule has 34 heavy (non-hydrogen) atoms. The van der Waals surface area contributed by atoms with Crippen molar-refractivity contribution < 1.29 is 36.6 Å². The third kappa shape index (κ3) is 4.85. The minimum Gasteiger partial charge on any atom is -0.395 e. The molecule has 0 unspecified atom stereocenters. The number of nitrogens with zero attached hydrogens (tertiary/aromatic N) is 1. The normalized spacial score (nSPS) is 13.3. The number of carbonyl (C=O) groups excluding carboxylic acids is 2. The third-order valence-electron chi connectivity index (χ3n) is 4.73. The summed E-state index contributed by atoms with van der Waals surface area (Å²) in [4.78, 5) is 28.5. The summed E-state index contributed by atoms with van der Waals surface area (Å²) in [5.41, 5.74) is 0.509. The third-order valence-corrected chi connectivity index (χ3v) is 4.73. The average Bonchev–Trinajstić information content (AvgIpc) is 3.12. The highest BCUT2D eigenvalue weighted by molar-refractivity contribution is 6.08. The number of rotatable bonds is 6. The molecule has 0 saturated heterocycles. The van der Waals surface area contributed by atoms with Gasteiger partial charge in [0, 0.05) is 37.6 Å². The van der Waals surface area contributed by atoms with Crippen molar-refractivity contribution in [1.82, 2.24) is 10.3 Å². The molecular formula is C22H16F4N4O4. The molecule has 0 spiro atoms. The Bertz CT molecular complexity index is 1290. The molecule has 0 aliphatic carbocycles. The van der Waals surface area contributed by atoms with E-state index in [1.54, 1.807) is 6.07 Å². The molecular weight excluding hydrogens is 460 g/mol. The number of ether oxygens (including phenoxy) is 2. The zero-order valence-electron chi connectivity index (χ0n) is 17.4. The molecule has 8 nitrogen and oxygen atoms in total. The average molecular weight is 476 g/mol.